The van der Waals surface area contributed by atoms with Crippen molar-refractivity contribution in [1.82, 2.24) is 4.98 Å². The van der Waals surface area contributed by atoms with Crippen LogP contribution in [0.3, 0.4) is 0 Å². The molecule has 0 fully saturated rings. The Morgan fingerprint density at radius 1 is 1.64 bits per heavy atom. The van der Waals surface area contributed by atoms with Crippen LogP contribution in [0.25, 0.3) is 0 Å². The van der Waals surface area contributed by atoms with Crippen LogP contribution in [-0.4, -0.2) is 12.1 Å². The van der Waals surface area contributed by atoms with Crippen molar-refractivity contribution >= 4 is 17.3 Å². The van der Waals surface area contributed by atoms with Gasteiger partial charge in [-0.05, 0) is 13.0 Å². The molecular formula is C7H9ClN2O. The Bertz CT molecular complexity index is 275. The van der Waals surface area contributed by atoms with Crippen molar-refractivity contribution in [2.75, 3.05) is 12.8 Å². The topological polar surface area (TPSA) is 48.1 Å². The molecule has 0 amide bonds. The summed E-state index contributed by atoms with van der Waals surface area (Å²) in [5, 5.41) is 0.373. The summed E-state index contributed by atoms with van der Waals surface area (Å²) in [6, 6.07) is 1.70. The third kappa shape index (κ3) is 1.54. The Hall–Kier alpha value is -0.960. The number of nitrogens with zero attached hydrogens (tertiary/aromatic N) is 1. The van der Waals surface area contributed by atoms with Crippen molar-refractivity contribution in [3.63, 3.8) is 0 Å². The Morgan fingerprint density at radius 2 is 2.27 bits per heavy atom. The van der Waals surface area contributed by atoms with Crippen LogP contribution in [0, 0.1) is 6.92 Å². The molecule has 0 aliphatic heterocycles. The van der Waals surface area contributed by atoms with Crippen LogP contribution < -0.4 is 10.5 Å². The summed E-state index contributed by atoms with van der Waals surface area (Å²) >= 11 is 5.75. The summed E-state index contributed by atoms with van der Waals surface area (Å²) in [6.45, 7) is 1.83. The standard InChI is InChI=1S/C7H9ClN2O/c1-4-3-5(9)6(8)7(10-4)11-2/h3H,1-2H3,(H2,9,10). The van der Waals surface area contributed by atoms with Crippen LogP contribution >= 0.6 is 11.6 Å². The second kappa shape index (κ2) is 2.96. The van der Waals surface area contributed by atoms with E-state index in [0.29, 0.717) is 16.6 Å². The minimum Gasteiger partial charge on any atom is -0.480 e. The van der Waals surface area contributed by atoms with Gasteiger partial charge >= 0.3 is 0 Å². The number of aromatic nitrogens is 1. The molecule has 0 bridgehead atoms. The molecular weight excluding hydrogens is 164 g/mol. The highest BCUT2D eigenvalue weighted by Crippen LogP contribution is 2.28. The van der Waals surface area contributed by atoms with E-state index in [-0.39, 0.29) is 0 Å². The first-order chi connectivity index (χ1) is 5.15. The van der Waals surface area contributed by atoms with Crippen molar-refractivity contribution in [3.05, 3.63) is 16.8 Å². The zero-order valence-electron chi connectivity index (χ0n) is 6.39. The van der Waals surface area contributed by atoms with Crippen LogP contribution in [0.4, 0.5) is 5.69 Å². The van der Waals surface area contributed by atoms with E-state index in [4.69, 9.17) is 22.1 Å². The average molecular weight is 173 g/mol. The van der Waals surface area contributed by atoms with E-state index >= 15 is 0 Å². The maximum atomic E-state index is 5.75. The summed E-state index contributed by atoms with van der Waals surface area (Å²) in [6.07, 6.45) is 0. The molecule has 1 aromatic heterocycles. The molecule has 1 rings (SSSR count). The number of halogens is 1. The van der Waals surface area contributed by atoms with E-state index < -0.39 is 0 Å². The van der Waals surface area contributed by atoms with Gasteiger partial charge in [-0.3, -0.25) is 0 Å². The van der Waals surface area contributed by atoms with Gasteiger partial charge in [0.15, 0.2) is 0 Å². The van der Waals surface area contributed by atoms with Gasteiger partial charge in [-0.1, -0.05) is 11.6 Å². The van der Waals surface area contributed by atoms with Gasteiger partial charge in [0, 0.05) is 5.69 Å². The summed E-state index contributed by atoms with van der Waals surface area (Å²) in [4.78, 5) is 4.02. The molecule has 1 heterocycles. The van der Waals surface area contributed by atoms with Gasteiger partial charge in [0.1, 0.15) is 5.02 Å². The highest BCUT2D eigenvalue weighted by molar-refractivity contribution is 6.34. The Morgan fingerprint density at radius 3 is 2.82 bits per heavy atom. The minimum atomic E-state index is 0.373. The molecule has 0 atom stereocenters. The molecule has 0 aliphatic rings. The average Bonchev–Trinajstić information content (AvgIpc) is 1.96. The van der Waals surface area contributed by atoms with Gasteiger partial charge in [-0.15, -0.1) is 0 Å². The number of rotatable bonds is 1. The molecule has 0 aliphatic carbocycles. The number of nitrogen functional groups attached to an aromatic ring is 1. The van der Waals surface area contributed by atoms with Gasteiger partial charge in [-0.2, -0.15) is 0 Å². The zero-order chi connectivity index (χ0) is 8.43. The van der Waals surface area contributed by atoms with Crippen molar-refractivity contribution < 1.29 is 4.74 Å². The predicted octanol–water partition coefficient (Wildman–Crippen LogP) is 1.63. The molecule has 0 spiro atoms. The lowest BCUT2D eigenvalue weighted by atomic mass is 10.3. The number of nitrogens with two attached hydrogens (primary N) is 1. The highest BCUT2D eigenvalue weighted by Gasteiger charge is 2.05. The lowest BCUT2D eigenvalue weighted by Gasteiger charge is -2.04. The molecule has 1 aromatic rings. The Labute approximate surface area is 70.1 Å². The zero-order valence-corrected chi connectivity index (χ0v) is 7.14. The van der Waals surface area contributed by atoms with E-state index in [1.165, 1.54) is 7.11 Å². The molecule has 11 heavy (non-hydrogen) atoms. The van der Waals surface area contributed by atoms with Gasteiger partial charge in [0.25, 0.3) is 0 Å². The van der Waals surface area contributed by atoms with Crippen LogP contribution in [0.1, 0.15) is 5.69 Å². The summed E-state index contributed by atoms with van der Waals surface area (Å²) in [5.41, 5.74) is 6.84. The van der Waals surface area contributed by atoms with Crippen molar-refractivity contribution in [1.29, 1.82) is 0 Å². The summed E-state index contributed by atoms with van der Waals surface area (Å²) in [7, 11) is 1.51. The third-order valence-corrected chi connectivity index (χ3v) is 1.66. The second-order valence-electron chi connectivity index (χ2n) is 2.18. The molecule has 0 unspecified atom stereocenters. The predicted molar refractivity (Wildman–Crippen MR) is 44.9 cm³/mol. The molecule has 4 heteroatoms. The van der Waals surface area contributed by atoms with E-state index in [2.05, 4.69) is 4.98 Å². The van der Waals surface area contributed by atoms with Crippen molar-refractivity contribution in [3.8, 4) is 5.88 Å². The molecule has 0 aromatic carbocycles. The first kappa shape index (κ1) is 8.14. The molecule has 0 saturated heterocycles. The monoisotopic (exact) mass is 172 g/mol. The van der Waals surface area contributed by atoms with Gasteiger partial charge in [-0.25, -0.2) is 4.98 Å². The fourth-order valence-corrected chi connectivity index (χ4v) is 0.963. The number of hydrogen-bond acceptors (Lipinski definition) is 3. The van der Waals surface area contributed by atoms with Crippen LogP contribution in [-0.2, 0) is 0 Å². The third-order valence-electron chi connectivity index (χ3n) is 1.28. The maximum Gasteiger partial charge on any atom is 0.234 e. The van der Waals surface area contributed by atoms with E-state index in [1.807, 2.05) is 6.92 Å². The lowest BCUT2D eigenvalue weighted by Crippen LogP contribution is -1.95. The molecule has 0 saturated carbocycles. The summed E-state index contributed by atoms with van der Waals surface area (Å²) in [5.74, 6) is 0.379. The normalized spacial score (nSPS) is 9.73. The first-order valence-corrected chi connectivity index (χ1v) is 3.49. The van der Waals surface area contributed by atoms with Crippen molar-refractivity contribution in [2.45, 2.75) is 6.92 Å². The number of hydrogen-bond donors (Lipinski definition) is 1. The summed E-state index contributed by atoms with van der Waals surface area (Å²) < 4.78 is 4.88. The van der Waals surface area contributed by atoms with Crippen molar-refractivity contribution in [2.24, 2.45) is 0 Å². The quantitative estimate of drug-likeness (QED) is 0.701. The van der Waals surface area contributed by atoms with Gasteiger partial charge in [0.2, 0.25) is 5.88 Å². The smallest absolute Gasteiger partial charge is 0.234 e. The Balaban J connectivity index is 3.24. The number of anilines is 1. The number of methoxy groups -OCH3 is 1. The fraction of sp³-hybridized carbons (Fsp3) is 0.286. The number of pyridine rings is 1. The maximum absolute atomic E-state index is 5.75. The molecule has 60 valence electrons. The molecule has 0 radical (unpaired) electrons. The first-order valence-electron chi connectivity index (χ1n) is 3.11. The lowest BCUT2D eigenvalue weighted by molar-refractivity contribution is 0.397. The van der Waals surface area contributed by atoms with E-state index in [9.17, 15) is 0 Å². The van der Waals surface area contributed by atoms with Crippen LogP contribution in [0.15, 0.2) is 6.07 Å². The minimum absolute atomic E-state index is 0.373. The molecule has 3 nitrogen and oxygen atoms in total. The van der Waals surface area contributed by atoms with Gasteiger partial charge in [0.05, 0.1) is 12.8 Å². The second-order valence-corrected chi connectivity index (χ2v) is 2.55. The van der Waals surface area contributed by atoms with E-state index in [0.717, 1.165) is 5.69 Å². The van der Waals surface area contributed by atoms with Crippen LogP contribution in [0.2, 0.25) is 5.02 Å². The van der Waals surface area contributed by atoms with E-state index in [1.54, 1.807) is 6.07 Å². The fourth-order valence-electron chi connectivity index (χ4n) is 0.789. The van der Waals surface area contributed by atoms with Crippen LogP contribution in [0.5, 0.6) is 5.88 Å². The largest absolute Gasteiger partial charge is 0.480 e. The SMILES string of the molecule is COc1nc(C)cc(N)c1Cl. The highest BCUT2D eigenvalue weighted by atomic mass is 35.5. The number of ether oxygens (including phenoxy) is 1. The molecule has 2 N–H and O–H groups in total. The van der Waals surface area contributed by atoms with Gasteiger partial charge < -0.3 is 10.5 Å². The Kier molecular flexibility index (Phi) is 2.19. The number of aryl methyl sites for hydroxylation is 1.